The maximum Gasteiger partial charge on any atom is -0.000749 e. The van der Waals surface area contributed by atoms with Gasteiger partial charge in [-0.2, -0.15) is 0 Å². The van der Waals surface area contributed by atoms with E-state index in [2.05, 4.69) is 340 Å². The molecule has 0 bridgehead atoms. The molecule has 420 valence electrons. The second-order valence-electron chi connectivity index (χ2n) is 24.1. The van der Waals surface area contributed by atoms with Gasteiger partial charge in [-0.25, -0.2) is 0 Å². The standard InChI is InChI=1S/C90H60/c1-6-27-75-59(17-1)22-14-34-78(75)63-38-42-66(43-39-63)83-54-53-71(56-88(68-45-40-64(41-46-68)79-35-15-23-60-18-2-7-28-76(60)79)89(83)69-50-47-65(48-51-69)80-36-16-24-61-19-3-8-29-77(61)80)70-25-13-26-74(55-70)90-82-31-10-5-21-72(82)57-87(84-32-11-12-33-85(84)90)73-52-49-67-44-37-62-20-4-9-30-81(62)86(67)58-73/h1-52,54-56,58H,53,57H2. The van der Waals surface area contributed by atoms with E-state index in [9.17, 15) is 0 Å². The first-order valence-corrected chi connectivity index (χ1v) is 31.5. The van der Waals surface area contributed by atoms with Crippen molar-refractivity contribution in [1.82, 2.24) is 0 Å². The van der Waals surface area contributed by atoms with Gasteiger partial charge in [0.15, 0.2) is 0 Å². The topological polar surface area (TPSA) is 0 Å². The molecule has 0 heteroatoms. The lowest BCUT2D eigenvalue weighted by Crippen LogP contribution is -2.29. The molecule has 0 saturated heterocycles. The molecule has 0 atom stereocenters. The molecule has 15 aromatic rings. The van der Waals surface area contributed by atoms with Crippen LogP contribution in [0.5, 0.6) is 0 Å². The van der Waals surface area contributed by atoms with Crippen LogP contribution in [0.4, 0.5) is 0 Å². The van der Waals surface area contributed by atoms with Crippen molar-refractivity contribution in [3.63, 3.8) is 0 Å². The highest BCUT2D eigenvalue weighted by Crippen LogP contribution is 2.46. The van der Waals surface area contributed by atoms with Gasteiger partial charge in [0.2, 0.25) is 0 Å². The predicted octanol–water partition coefficient (Wildman–Crippen LogP) is 21.9. The number of hydrogen-bond acceptors (Lipinski definition) is 0. The second kappa shape index (κ2) is 22.4. The average molecular weight is 1140 g/mol. The summed E-state index contributed by atoms with van der Waals surface area (Å²) in [6.45, 7) is 0. The maximum atomic E-state index is 2.52. The van der Waals surface area contributed by atoms with Crippen LogP contribution < -0.4 is 10.4 Å². The van der Waals surface area contributed by atoms with Crippen molar-refractivity contribution in [3.8, 4) is 33.4 Å². The molecule has 17 rings (SSSR count). The minimum Gasteiger partial charge on any atom is -0.0716 e. The Morgan fingerprint density at radius 3 is 1.27 bits per heavy atom. The second-order valence-corrected chi connectivity index (χ2v) is 24.1. The van der Waals surface area contributed by atoms with Crippen molar-refractivity contribution in [2.75, 3.05) is 0 Å². The van der Waals surface area contributed by atoms with Crippen LogP contribution in [0.2, 0.25) is 0 Å². The fourth-order valence-corrected chi connectivity index (χ4v) is 14.6. The summed E-state index contributed by atoms with van der Waals surface area (Å²) < 4.78 is 0. The summed E-state index contributed by atoms with van der Waals surface area (Å²) in [7, 11) is 0. The van der Waals surface area contributed by atoms with Gasteiger partial charge in [0.05, 0.1) is 0 Å². The van der Waals surface area contributed by atoms with Crippen molar-refractivity contribution < 1.29 is 0 Å². The minimum absolute atomic E-state index is 0.718. The quantitative estimate of drug-likeness (QED) is 0.126. The summed E-state index contributed by atoms with van der Waals surface area (Å²) in [6, 6.07) is 122. The van der Waals surface area contributed by atoms with Gasteiger partial charge in [0.1, 0.15) is 0 Å². The molecular formula is C90H60. The molecule has 0 heterocycles. The highest BCUT2D eigenvalue weighted by molar-refractivity contribution is 6.19. The van der Waals surface area contributed by atoms with Crippen LogP contribution in [-0.2, 0) is 6.42 Å². The van der Waals surface area contributed by atoms with E-state index in [1.54, 1.807) is 0 Å². The molecule has 0 fully saturated rings. The Balaban J connectivity index is 0.870. The van der Waals surface area contributed by atoms with Crippen molar-refractivity contribution >= 4 is 87.3 Å². The van der Waals surface area contributed by atoms with Crippen LogP contribution >= 0.6 is 0 Å². The SMILES string of the molecule is C1=C(c2cccc(C3=c4ccccc4=C(c4ccc5ccc6ccccc6c5c4)Cc4ccccc43)c2)CC=C(c2ccc(-c3cccc4ccccc34)cc2)C(c2ccc(-c3cccc4ccccc34)cc2)=C1c1ccc(-c2cccc3ccccc23)cc1. The zero-order chi connectivity index (χ0) is 59.5. The molecule has 0 amide bonds. The van der Waals surface area contributed by atoms with Crippen LogP contribution in [0.3, 0.4) is 0 Å². The van der Waals surface area contributed by atoms with E-state index in [0.717, 1.165) is 24.0 Å². The first-order valence-electron chi connectivity index (χ1n) is 31.5. The van der Waals surface area contributed by atoms with Crippen LogP contribution in [0.15, 0.2) is 340 Å². The minimum atomic E-state index is 0.718. The van der Waals surface area contributed by atoms with E-state index < -0.39 is 0 Å². The fourth-order valence-electron chi connectivity index (χ4n) is 14.6. The fraction of sp³-hybridized carbons (Fsp3) is 0.0222. The Morgan fingerprint density at radius 1 is 0.233 bits per heavy atom. The number of benzene rings is 15. The lowest BCUT2D eigenvalue weighted by atomic mass is 9.84. The van der Waals surface area contributed by atoms with Gasteiger partial charge in [0.25, 0.3) is 0 Å². The van der Waals surface area contributed by atoms with Gasteiger partial charge in [-0.05, 0) is 207 Å². The summed E-state index contributed by atoms with van der Waals surface area (Å²) in [6.07, 6.45) is 6.56. The third-order valence-electron chi connectivity index (χ3n) is 19.0. The lowest BCUT2D eigenvalue weighted by molar-refractivity contribution is 1.26. The molecule has 0 spiro atoms. The zero-order valence-electron chi connectivity index (χ0n) is 49.7. The van der Waals surface area contributed by atoms with Crippen molar-refractivity contribution in [2.45, 2.75) is 12.8 Å². The Labute approximate surface area is 525 Å². The van der Waals surface area contributed by atoms with Gasteiger partial charge >= 0.3 is 0 Å². The highest BCUT2D eigenvalue weighted by Gasteiger charge is 2.24. The van der Waals surface area contributed by atoms with Crippen LogP contribution in [0, 0.1) is 0 Å². The van der Waals surface area contributed by atoms with E-state index >= 15 is 0 Å². The van der Waals surface area contributed by atoms with Gasteiger partial charge in [0, 0.05) is 0 Å². The van der Waals surface area contributed by atoms with Crippen LogP contribution in [-0.4, -0.2) is 0 Å². The molecule has 0 N–H and O–H groups in total. The number of fused-ring (bicyclic) bond motifs is 8. The Kier molecular flexibility index (Phi) is 13.1. The molecule has 15 aromatic carbocycles. The van der Waals surface area contributed by atoms with Crippen molar-refractivity contribution in [3.05, 3.63) is 395 Å². The molecular weight excluding hydrogens is 1080 g/mol. The third kappa shape index (κ3) is 9.41. The molecule has 0 saturated carbocycles. The van der Waals surface area contributed by atoms with Gasteiger partial charge in [-0.15, -0.1) is 0 Å². The predicted molar refractivity (Wildman–Crippen MR) is 383 cm³/mol. The van der Waals surface area contributed by atoms with Crippen LogP contribution in [0.1, 0.15) is 50.9 Å². The third-order valence-corrected chi connectivity index (χ3v) is 19.0. The highest BCUT2D eigenvalue weighted by atomic mass is 14.3. The molecule has 2 aliphatic carbocycles. The first-order chi connectivity index (χ1) is 44.6. The van der Waals surface area contributed by atoms with E-state index in [-0.39, 0.29) is 0 Å². The molecule has 2 aliphatic rings. The normalized spacial score (nSPS) is 13.3. The molecule has 0 nitrogen and oxygen atoms in total. The number of rotatable bonds is 9. The van der Waals surface area contributed by atoms with Crippen molar-refractivity contribution in [2.24, 2.45) is 0 Å². The van der Waals surface area contributed by atoms with Gasteiger partial charge < -0.3 is 0 Å². The smallest absolute Gasteiger partial charge is 0.000749 e. The van der Waals surface area contributed by atoms with E-state index in [1.165, 1.54) is 164 Å². The molecule has 0 radical (unpaired) electrons. The number of allylic oxidation sites excluding steroid dienone is 6. The van der Waals surface area contributed by atoms with E-state index in [4.69, 9.17) is 0 Å². The van der Waals surface area contributed by atoms with Gasteiger partial charge in [-0.1, -0.05) is 322 Å². The summed E-state index contributed by atoms with van der Waals surface area (Å²) in [4.78, 5) is 0. The maximum absolute atomic E-state index is 2.52. The zero-order valence-corrected chi connectivity index (χ0v) is 49.7. The summed E-state index contributed by atoms with van der Waals surface area (Å²) >= 11 is 0. The lowest BCUT2D eigenvalue weighted by Gasteiger charge is -2.19. The monoisotopic (exact) mass is 1140 g/mol. The number of hydrogen-bond donors (Lipinski definition) is 0. The van der Waals surface area contributed by atoms with E-state index in [0.29, 0.717) is 0 Å². The summed E-state index contributed by atoms with van der Waals surface area (Å²) in [5.41, 5.74) is 24.5. The Hall–Kier alpha value is -11.4. The Morgan fingerprint density at radius 2 is 0.656 bits per heavy atom. The molecule has 0 aliphatic heterocycles. The van der Waals surface area contributed by atoms with Crippen molar-refractivity contribution in [1.29, 1.82) is 0 Å². The summed E-state index contributed by atoms with van der Waals surface area (Å²) in [5.74, 6) is 0. The molecule has 0 unspecified atom stereocenters. The largest absolute Gasteiger partial charge is 0.0716 e. The summed E-state index contributed by atoms with van der Waals surface area (Å²) in [5, 5.41) is 15.1. The van der Waals surface area contributed by atoms with E-state index in [1.807, 2.05) is 0 Å². The van der Waals surface area contributed by atoms with Crippen LogP contribution in [0.25, 0.3) is 121 Å². The average Bonchev–Trinajstić information content (AvgIpc) is 1.80. The first kappa shape index (κ1) is 52.9. The Bertz CT molecular complexity index is 5600. The molecule has 0 aromatic heterocycles. The van der Waals surface area contributed by atoms with Gasteiger partial charge in [-0.3, -0.25) is 0 Å². The molecule has 90 heavy (non-hydrogen) atoms.